The van der Waals surface area contributed by atoms with Gasteiger partial charge in [0.1, 0.15) is 0 Å². The van der Waals surface area contributed by atoms with Crippen LogP contribution < -0.4 is 4.72 Å². The Hall–Kier alpha value is -2.02. The molecule has 0 spiro atoms. The van der Waals surface area contributed by atoms with Gasteiger partial charge in [-0.3, -0.25) is 4.79 Å². The number of Topliss-reactive ketones (excluding diaryl/α,β-unsaturated/α-hetero) is 1. The van der Waals surface area contributed by atoms with E-state index < -0.39 is 10.0 Å². The van der Waals surface area contributed by atoms with Gasteiger partial charge in [-0.2, -0.15) is 0 Å². The Balaban J connectivity index is 1.79. The number of hydrogen-bond acceptors (Lipinski definition) is 3. The summed E-state index contributed by atoms with van der Waals surface area (Å²) in [5, 5.41) is 1.79. The number of halogens is 1. The number of benzene rings is 3. The van der Waals surface area contributed by atoms with E-state index in [1.807, 2.05) is 24.3 Å². The van der Waals surface area contributed by atoms with E-state index in [4.69, 9.17) is 0 Å². The van der Waals surface area contributed by atoms with Crippen molar-refractivity contribution in [1.82, 2.24) is 4.72 Å². The minimum Gasteiger partial charge on any atom is -0.293 e. The quantitative estimate of drug-likeness (QED) is 0.659. The molecule has 0 aliphatic carbocycles. The molecule has 1 N–H and O–H groups in total. The second-order valence-electron chi connectivity index (χ2n) is 5.27. The molecule has 6 heteroatoms. The highest BCUT2D eigenvalue weighted by atomic mass is 79.9. The molecule has 0 unspecified atom stereocenters. The lowest BCUT2D eigenvalue weighted by atomic mass is 10.1. The fourth-order valence-corrected chi connectivity index (χ4v) is 3.76. The highest BCUT2D eigenvalue weighted by Crippen LogP contribution is 2.19. The van der Waals surface area contributed by atoms with Gasteiger partial charge in [-0.1, -0.05) is 58.4 Å². The SMILES string of the molecule is O=C(CNS(=O)(=O)c1ccc2ccccc2c1)c1cccc(Br)c1. The van der Waals surface area contributed by atoms with Crippen molar-refractivity contribution < 1.29 is 13.2 Å². The van der Waals surface area contributed by atoms with Gasteiger partial charge < -0.3 is 0 Å². The Morgan fingerprint density at radius 1 is 0.917 bits per heavy atom. The van der Waals surface area contributed by atoms with Crippen LogP contribution in [0.3, 0.4) is 0 Å². The minimum atomic E-state index is -3.75. The molecule has 4 nitrogen and oxygen atoms in total. The first-order valence-electron chi connectivity index (χ1n) is 7.23. The highest BCUT2D eigenvalue weighted by Gasteiger charge is 2.16. The molecule has 0 aliphatic heterocycles. The molecule has 0 heterocycles. The molecule has 0 aliphatic rings. The Kier molecular flexibility index (Phi) is 4.80. The summed E-state index contributed by atoms with van der Waals surface area (Å²) in [7, 11) is -3.75. The molecule has 0 aromatic heterocycles. The molecule has 0 bridgehead atoms. The van der Waals surface area contributed by atoms with E-state index in [2.05, 4.69) is 20.7 Å². The van der Waals surface area contributed by atoms with E-state index in [9.17, 15) is 13.2 Å². The molecule has 0 saturated heterocycles. The van der Waals surface area contributed by atoms with Crippen molar-refractivity contribution in [2.75, 3.05) is 6.54 Å². The van der Waals surface area contributed by atoms with Crippen LogP contribution in [0, 0.1) is 0 Å². The number of ketones is 1. The Morgan fingerprint density at radius 3 is 2.42 bits per heavy atom. The van der Waals surface area contributed by atoms with Crippen molar-refractivity contribution in [2.45, 2.75) is 4.90 Å². The van der Waals surface area contributed by atoms with Crippen LogP contribution in [0.5, 0.6) is 0 Å². The normalized spacial score (nSPS) is 11.5. The monoisotopic (exact) mass is 403 g/mol. The Morgan fingerprint density at radius 2 is 1.67 bits per heavy atom. The molecule has 0 atom stereocenters. The van der Waals surface area contributed by atoms with E-state index in [1.165, 1.54) is 6.07 Å². The number of nitrogens with one attached hydrogen (secondary N) is 1. The molecule has 0 fully saturated rings. The molecular weight excluding hydrogens is 390 g/mol. The third-order valence-corrected chi connectivity index (χ3v) is 5.49. The largest absolute Gasteiger partial charge is 0.293 e. The van der Waals surface area contributed by atoms with Crippen LogP contribution in [0.4, 0.5) is 0 Å². The summed E-state index contributed by atoms with van der Waals surface area (Å²) in [4.78, 5) is 12.3. The van der Waals surface area contributed by atoms with E-state index in [0.717, 1.165) is 15.2 Å². The fraction of sp³-hybridized carbons (Fsp3) is 0.0556. The molecule has 3 aromatic carbocycles. The smallest absolute Gasteiger partial charge is 0.241 e. The minimum absolute atomic E-state index is 0.142. The third kappa shape index (κ3) is 3.72. The summed E-state index contributed by atoms with van der Waals surface area (Å²) < 4.78 is 27.9. The van der Waals surface area contributed by atoms with Gasteiger partial charge >= 0.3 is 0 Å². The topological polar surface area (TPSA) is 63.2 Å². The number of fused-ring (bicyclic) bond motifs is 1. The average molecular weight is 404 g/mol. The van der Waals surface area contributed by atoms with E-state index in [-0.39, 0.29) is 17.2 Å². The van der Waals surface area contributed by atoms with Gasteiger partial charge in [0, 0.05) is 10.0 Å². The average Bonchev–Trinajstić information content (AvgIpc) is 2.59. The fourth-order valence-electron chi connectivity index (χ4n) is 2.34. The standard InChI is InChI=1S/C18H14BrNO3S/c19-16-7-3-6-15(10-16)18(21)12-20-24(22,23)17-9-8-13-4-1-2-5-14(13)11-17/h1-11,20H,12H2. The summed E-state index contributed by atoms with van der Waals surface area (Å²) in [6, 6.07) is 19.2. The molecule has 3 aromatic rings. The van der Waals surface area contributed by atoms with E-state index >= 15 is 0 Å². The molecular formula is C18H14BrNO3S. The van der Waals surface area contributed by atoms with Gasteiger partial charge in [0.2, 0.25) is 10.0 Å². The van der Waals surface area contributed by atoms with Crippen LogP contribution in [0.25, 0.3) is 10.8 Å². The Labute approximate surface area is 148 Å². The predicted molar refractivity (Wildman–Crippen MR) is 97.6 cm³/mol. The van der Waals surface area contributed by atoms with Crippen LogP contribution in [-0.2, 0) is 10.0 Å². The zero-order valence-electron chi connectivity index (χ0n) is 12.6. The number of carbonyl (C=O) groups excluding carboxylic acids is 1. The van der Waals surface area contributed by atoms with Crippen molar-refractivity contribution >= 4 is 42.5 Å². The Bertz CT molecular complexity index is 1020. The molecule has 0 radical (unpaired) electrons. The second kappa shape index (κ2) is 6.84. The first kappa shape index (κ1) is 16.8. The molecule has 24 heavy (non-hydrogen) atoms. The molecule has 0 saturated carbocycles. The van der Waals surface area contributed by atoms with Gasteiger partial charge in [0.25, 0.3) is 0 Å². The summed E-state index contributed by atoms with van der Waals surface area (Å²) >= 11 is 3.29. The van der Waals surface area contributed by atoms with Gasteiger partial charge in [-0.15, -0.1) is 0 Å². The zero-order chi connectivity index (χ0) is 17.2. The molecule has 122 valence electrons. The third-order valence-electron chi connectivity index (χ3n) is 3.60. The summed E-state index contributed by atoms with van der Waals surface area (Å²) in [6.07, 6.45) is 0. The van der Waals surface area contributed by atoms with E-state index in [0.29, 0.717) is 5.56 Å². The summed E-state index contributed by atoms with van der Waals surface area (Å²) in [6.45, 7) is -0.286. The lowest BCUT2D eigenvalue weighted by Crippen LogP contribution is -2.29. The first-order chi connectivity index (χ1) is 11.5. The van der Waals surface area contributed by atoms with Gasteiger partial charge in [-0.05, 0) is 35.0 Å². The predicted octanol–water partition coefficient (Wildman–Crippen LogP) is 3.76. The van der Waals surface area contributed by atoms with Crippen LogP contribution in [-0.4, -0.2) is 20.7 Å². The maximum absolute atomic E-state index is 12.4. The van der Waals surface area contributed by atoms with E-state index in [1.54, 1.807) is 36.4 Å². The van der Waals surface area contributed by atoms with Crippen molar-refractivity contribution in [3.05, 3.63) is 76.8 Å². The van der Waals surface area contributed by atoms with Crippen LogP contribution in [0.2, 0.25) is 0 Å². The van der Waals surface area contributed by atoms with Crippen LogP contribution in [0.1, 0.15) is 10.4 Å². The highest BCUT2D eigenvalue weighted by molar-refractivity contribution is 9.10. The maximum Gasteiger partial charge on any atom is 0.241 e. The number of sulfonamides is 1. The van der Waals surface area contributed by atoms with Crippen molar-refractivity contribution in [1.29, 1.82) is 0 Å². The summed E-state index contributed by atoms with van der Waals surface area (Å²) in [5.41, 5.74) is 0.450. The summed E-state index contributed by atoms with van der Waals surface area (Å²) in [5.74, 6) is -0.291. The first-order valence-corrected chi connectivity index (χ1v) is 9.50. The van der Waals surface area contributed by atoms with Crippen LogP contribution >= 0.6 is 15.9 Å². The molecule has 3 rings (SSSR count). The number of carbonyl (C=O) groups is 1. The van der Waals surface area contributed by atoms with Gasteiger partial charge in [-0.25, -0.2) is 13.1 Å². The number of rotatable bonds is 5. The van der Waals surface area contributed by atoms with Gasteiger partial charge in [0.15, 0.2) is 5.78 Å². The van der Waals surface area contributed by atoms with Crippen molar-refractivity contribution in [3.63, 3.8) is 0 Å². The number of hydrogen-bond donors (Lipinski definition) is 1. The van der Waals surface area contributed by atoms with Crippen molar-refractivity contribution in [3.8, 4) is 0 Å². The second-order valence-corrected chi connectivity index (χ2v) is 7.95. The van der Waals surface area contributed by atoms with Crippen molar-refractivity contribution in [2.24, 2.45) is 0 Å². The lowest BCUT2D eigenvalue weighted by Gasteiger charge is -2.08. The lowest BCUT2D eigenvalue weighted by molar-refractivity contribution is 0.0997. The van der Waals surface area contributed by atoms with Gasteiger partial charge in [0.05, 0.1) is 11.4 Å². The molecule has 0 amide bonds. The maximum atomic E-state index is 12.4. The zero-order valence-corrected chi connectivity index (χ0v) is 15.0. The van der Waals surface area contributed by atoms with Crippen LogP contribution in [0.15, 0.2) is 76.1 Å².